The first kappa shape index (κ1) is 69.8. The number of unbranched alkanes of at least 4 members (excludes halogenated alkanes) is 3. The van der Waals surface area contributed by atoms with Crippen LogP contribution in [-0.2, 0) is 120 Å². The van der Waals surface area contributed by atoms with Crippen molar-refractivity contribution in [2.24, 2.45) is 0 Å². The van der Waals surface area contributed by atoms with Crippen molar-refractivity contribution in [1.82, 2.24) is 16.0 Å². The summed E-state index contributed by atoms with van der Waals surface area (Å²) in [6.07, 6.45) is -44.0. The van der Waals surface area contributed by atoms with E-state index in [1.54, 1.807) is 0 Å². The molecule has 0 spiro atoms. The summed E-state index contributed by atoms with van der Waals surface area (Å²) >= 11 is 0. The van der Waals surface area contributed by atoms with Gasteiger partial charge in [-0.3, -0.25) is 32.6 Å². The van der Waals surface area contributed by atoms with Crippen molar-refractivity contribution in [2.75, 3.05) is 33.0 Å². The number of hydrogen-bond acceptors (Lipinski definition) is 31. The number of carbonyl (C=O) groups is 5. The predicted molar refractivity (Wildman–Crippen MR) is 247 cm³/mol. The predicted octanol–water partition coefficient (Wildman–Crippen LogP) is -8.88. The molecule has 0 aliphatic carbocycles. The lowest BCUT2D eigenvalue weighted by Crippen LogP contribution is -2.70. The molecule has 20 unspecified atom stereocenters. The van der Waals surface area contributed by atoms with Gasteiger partial charge in [-0.05, 0) is 12.8 Å². The minimum Gasteiger partial charge on any atom is -0.479 e. The molecule has 40 nitrogen and oxygen atoms in total. The summed E-state index contributed by atoms with van der Waals surface area (Å²) in [4.78, 5) is 61.9. The molecule has 4 fully saturated rings. The summed E-state index contributed by atoms with van der Waals surface area (Å²) in [6, 6.07) is -4.29. The molecule has 0 aromatic rings. The average Bonchev–Trinajstić information content (AvgIpc) is 3.32. The molecular weight excluding hydrogens is 1210 g/mol. The first-order valence-electron chi connectivity index (χ1n) is 23.4. The van der Waals surface area contributed by atoms with Crippen molar-refractivity contribution in [3.05, 3.63) is 0 Å². The van der Waals surface area contributed by atoms with Crippen LogP contribution in [0.4, 0.5) is 0 Å². The molecule has 470 valence electrons. The van der Waals surface area contributed by atoms with Crippen molar-refractivity contribution in [3.63, 3.8) is 0 Å². The second-order valence-corrected chi connectivity index (χ2v) is 22.1. The number of aliphatic hydroxyl groups excluding tert-OH is 6. The Morgan fingerprint density at radius 2 is 0.926 bits per heavy atom. The first-order valence-corrected chi connectivity index (χ1v) is 28.9. The van der Waals surface area contributed by atoms with Crippen molar-refractivity contribution in [1.29, 1.82) is 0 Å². The highest BCUT2D eigenvalue weighted by molar-refractivity contribution is 7.81. The first-order chi connectivity index (χ1) is 37.4. The summed E-state index contributed by atoms with van der Waals surface area (Å²) in [5, 5.41) is 92.7. The van der Waals surface area contributed by atoms with Crippen molar-refractivity contribution < 1.29 is 171 Å². The molecule has 4 aliphatic rings. The third-order valence-corrected chi connectivity index (χ3v) is 13.6. The monoisotopic (exact) mass is 1270 g/mol. The second kappa shape index (κ2) is 29.9. The van der Waals surface area contributed by atoms with Crippen LogP contribution in [0.2, 0.25) is 0 Å². The normalized spacial score (nSPS) is 35.1. The van der Waals surface area contributed by atoms with E-state index in [1.165, 1.54) is 0 Å². The van der Waals surface area contributed by atoms with E-state index in [0.29, 0.717) is 19.3 Å². The van der Waals surface area contributed by atoms with Gasteiger partial charge in [0.15, 0.2) is 49.6 Å². The van der Waals surface area contributed by atoms with Crippen LogP contribution in [0.5, 0.6) is 0 Å². The standard InChI is InChI=1S/C37H61N3O37S4/c1-13(42)39-18-21(46)20(45)15(11-67-78(54,55)56)69-34(18)72-27-24(49)29(77-81(63,64)65)37(75-31(27)33(52)53)71-25-16(12-68-79(57,58)59)70-35(19(22(25)47)40-14(2)43)73-26-23(48)28(76-80(60,61)62)36(74-30(26)32(50)51)66-10-6-4-3-5-8-38-17(44)7-9-41/h15-16,18-31,34-37,41,45-49H,3-12H2,1-2H3,(H,38,44)(H,39,42)(H,40,43)(H,50,51)(H,52,53)(H,54,55,56)(H,57,58,59)(H,60,61,62)(H,63,64,65). The van der Waals surface area contributed by atoms with Gasteiger partial charge in [-0.15, -0.1) is 0 Å². The quantitative estimate of drug-likeness (QED) is 0.0235. The van der Waals surface area contributed by atoms with Crippen LogP contribution in [0.3, 0.4) is 0 Å². The van der Waals surface area contributed by atoms with E-state index in [0.717, 1.165) is 13.8 Å². The van der Waals surface area contributed by atoms with Gasteiger partial charge in [0.1, 0.15) is 73.1 Å². The molecule has 81 heavy (non-hydrogen) atoms. The Hall–Kier alpha value is -3.73. The van der Waals surface area contributed by atoms with Crippen LogP contribution in [-0.4, -0.2) is 278 Å². The number of rotatable bonds is 30. The highest BCUT2D eigenvalue weighted by atomic mass is 32.3. The van der Waals surface area contributed by atoms with Gasteiger partial charge in [0.2, 0.25) is 17.7 Å². The Bertz CT molecular complexity index is 2600. The molecule has 0 aromatic heterocycles. The largest absolute Gasteiger partial charge is 0.479 e. The molecule has 15 N–H and O–H groups in total. The molecule has 44 heteroatoms. The highest BCUT2D eigenvalue weighted by Gasteiger charge is 2.59. The Balaban J connectivity index is 1.70. The van der Waals surface area contributed by atoms with Crippen LogP contribution >= 0.6 is 0 Å². The van der Waals surface area contributed by atoms with Crippen molar-refractivity contribution >= 4 is 71.3 Å². The summed E-state index contributed by atoms with van der Waals surface area (Å²) in [6.45, 7) is -1.81. The lowest BCUT2D eigenvalue weighted by molar-refractivity contribution is -0.368. The van der Waals surface area contributed by atoms with Crippen LogP contribution in [0, 0.1) is 0 Å². The molecule has 0 radical (unpaired) electrons. The van der Waals surface area contributed by atoms with Crippen molar-refractivity contribution in [3.8, 4) is 0 Å². The Labute approximate surface area is 458 Å². The van der Waals surface area contributed by atoms with E-state index in [2.05, 4.69) is 32.7 Å². The van der Waals surface area contributed by atoms with Crippen LogP contribution < -0.4 is 16.0 Å². The fraction of sp³-hybridized carbons (Fsp3) is 0.865. The van der Waals surface area contributed by atoms with Gasteiger partial charge in [0.05, 0.1) is 19.8 Å². The molecule has 4 aliphatic heterocycles. The lowest BCUT2D eigenvalue weighted by atomic mass is 9.94. The number of nitrogens with one attached hydrogen (secondary N) is 3. The molecule has 0 bridgehead atoms. The lowest BCUT2D eigenvalue weighted by Gasteiger charge is -2.50. The Kier molecular flexibility index (Phi) is 25.7. The third-order valence-electron chi connectivity index (χ3n) is 11.8. The van der Waals surface area contributed by atoms with Gasteiger partial charge in [-0.25, -0.2) is 26.3 Å². The number of ether oxygens (including phenoxy) is 8. The zero-order valence-electron chi connectivity index (χ0n) is 41.8. The molecular formula is C37H61N3O37S4. The van der Waals surface area contributed by atoms with Gasteiger partial charge >= 0.3 is 53.5 Å². The van der Waals surface area contributed by atoms with Crippen molar-refractivity contribution in [2.45, 2.75) is 169 Å². The number of hydrogen-bond donors (Lipinski definition) is 15. The topological polar surface area (TPSA) is 612 Å². The number of carbonyl (C=O) groups excluding carboxylic acids is 3. The van der Waals surface area contributed by atoms with Gasteiger partial charge in [0.25, 0.3) is 0 Å². The summed E-state index contributed by atoms with van der Waals surface area (Å²) in [5.74, 6) is -6.79. The van der Waals surface area contributed by atoms with E-state index in [1.807, 2.05) is 0 Å². The van der Waals surface area contributed by atoms with Crippen LogP contribution in [0.25, 0.3) is 0 Å². The van der Waals surface area contributed by atoms with E-state index in [9.17, 15) is 107 Å². The zero-order chi connectivity index (χ0) is 61.1. The number of carboxylic acid groups (broad SMARTS) is 2. The maximum atomic E-state index is 12.8. The average molecular weight is 1270 g/mol. The third kappa shape index (κ3) is 21.4. The number of carboxylic acids is 2. The maximum Gasteiger partial charge on any atom is 0.397 e. The van der Waals surface area contributed by atoms with E-state index < -0.39 is 207 Å². The fourth-order valence-corrected chi connectivity index (χ4v) is 9.93. The summed E-state index contributed by atoms with van der Waals surface area (Å²) < 4.78 is 195. The Morgan fingerprint density at radius 1 is 0.494 bits per heavy atom. The molecule has 4 rings (SSSR count). The molecule has 0 saturated carbocycles. The van der Waals surface area contributed by atoms with E-state index in [-0.39, 0.29) is 32.6 Å². The molecule has 20 atom stereocenters. The number of amides is 3. The minimum absolute atomic E-state index is 0.117. The van der Waals surface area contributed by atoms with Gasteiger partial charge < -0.3 is 94.7 Å². The molecule has 3 amide bonds. The summed E-state index contributed by atoms with van der Waals surface area (Å²) in [7, 11) is -22.4. The van der Waals surface area contributed by atoms with Gasteiger partial charge in [0, 0.05) is 33.4 Å². The Morgan fingerprint density at radius 3 is 1.38 bits per heavy atom. The van der Waals surface area contributed by atoms with Crippen LogP contribution in [0.15, 0.2) is 0 Å². The maximum absolute atomic E-state index is 12.8. The highest BCUT2D eigenvalue weighted by Crippen LogP contribution is 2.37. The molecule has 0 aromatic carbocycles. The van der Waals surface area contributed by atoms with E-state index in [4.69, 9.17) is 47.6 Å². The number of aliphatic carboxylic acids is 2. The molecule has 4 saturated heterocycles. The van der Waals surface area contributed by atoms with Crippen LogP contribution in [0.1, 0.15) is 46.0 Å². The molecule has 4 heterocycles. The summed E-state index contributed by atoms with van der Waals surface area (Å²) in [5.41, 5.74) is 0. The van der Waals surface area contributed by atoms with E-state index >= 15 is 0 Å². The minimum atomic E-state index is -5.92. The van der Waals surface area contributed by atoms with Gasteiger partial charge in [-0.2, -0.15) is 33.7 Å². The van der Waals surface area contributed by atoms with Gasteiger partial charge in [-0.1, -0.05) is 12.8 Å². The zero-order valence-corrected chi connectivity index (χ0v) is 45.1. The SMILES string of the molecule is CC(=O)NC1C(OC2C(C(=O)O)OC(OC3C(COS(=O)(=O)O)OC(OC4C(C(=O)O)OC(OCCCCCCNC(=O)CCO)C(OS(=O)(=O)O)C4O)C(NC(C)=O)C3O)C(OS(=O)(=O)O)C2O)OC(COS(=O)(=O)O)C(O)C1O. The number of aliphatic hydroxyl groups is 6. The fourth-order valence-electron chi connectivity index (χ4n) is 8.35. The smallest absolute Gasteiger partial charge is 0.397 e. The second-order valence-electron chi connectivity index (χ2n) is 17.8.